The topological polar surface area (TPSA) is 0 Å². The Morgan fingerprint density at radius 3 is 1.49 bits per heavy atom. The molecule has 8 rings (SSSR count). The second kappa shape index (κ2) is 11.1. The van der Waals surface area contributed by atoms with Gasteiger partial charge >= 0.3 is 0 Å². The van der Waals surface area contributed by atoms with Crippen molar-refractivity contribution in [3.63, 3.8) is 0 Å². The lowest BCUT2D eigenvalue weighted by Crippen LogP contribution is -2.36. The number of benzene rings is 6. The second-order valence-electron chi connectivity index (χ2n) is 11.4. The van der Waals surface area contributed by atoms with Gasteiger partial charge < -0.3 is 0 Å². The molecule has 0 aliphatic heterocycles. The van der Waals surface area contributed by atoms with Crippen LogP contribution in [0.2, 0.25) is 20.1 Å². The first-order valence-corrected chi connectivity index (χ1v) is 16.2. The molecule has 216 valence electrons. The van der Waals surface area contributed by atoms with Crippen LogP contribution in [0.1, 0.15) is 44.5 Å². The van der Waals surface area contributed by atoms with Crippen molar-refractivity contribution < 1.29 is 0 Å². The molecule has 0 saturated heterocycles. The summed E-state index contributed by atoms with van der Waals surface area (Å²) in [4.78, 5) is 0. The first-order valence-electron chi connectivity index (χ1n) is 14.7. The number of rotatable bonds is 4. The monoisotopic (exact) mass is 656 g/mol. The Morgan fingerprint density at radius 1 is 0.356 bits per heavy atom. The molecular weight excluding hydrogens is 634 g/mol. The number of hydrogen-bond acceptors (Lipinski definition) is 0. The van der Waals surface area contributed by atoms with E-state index in [1.807, 2.05) is 42.5 Å². The summed E-state index contributed by atoms with van der Waals surface area (Å²) in [6.07, 6.45) is 0. The molecule has 0 amide bonds. The van der Waals surface area contributed by atoms with Crippen molar-refractivity contribution in [2.24, 2.45) is 0 Å². The molecule has 0 radical (unpaired) electrons. The molecule has 0 fully saturated rings. The maximum Gasteiger partial charge on any atom is 0.0720 e. The fourth-order valence-corrected chi connectivity index (χ4v) is 7.81. The van der Waals surface area contributed by atoms with E-state index < -0.39 is 5.41 Å². The Balaban J connectivity index is 1.66. The molecule has 0 spiro atoms. The van der Waals surface area contributed by atoms with Crippen molar-refractivity contribution in [2.75, 3.05) is 0 Å². The molecule has 45 heavy (non-hydrogen) atoms. The van der Waals surface area contributed by atoms with E-state index in [9.17, 15) is 0 Å². The Bertz CT molecular complexity index is 2110. The Kier molecular flexibility index (Phi) is 7.01. The van der Waals surface area contributed by atoms with Crippen LogP contribution in [0.25, 0.3) is 16.7 Å². The highest BCUT2D eigenvalue weighted by Crippen LogP contribution is 2.64. The standard InChI is InChI=1S/C41H24Cl4/c42-29-16-10-26(11-17-29)38-33-23-22-32(45)24-35(33)39-37(25-6-2-1-3-7-25)34-8-4-5-9-36(34)41(40(38)39,27-12-18-30(43)19-13-27)28-14-20-31(44)21-15-28/h1-24H. The van der Waals surface area contributed by atoms with Crippen LogP contribution >= 0.6 is 46.4 Å². The molecule has 6 aromatic rings. The lowest BCUT2D eigenvalue weighted by molar-refractivity contribution is 0.745. The number of allylic oxidation sites excluding steroid dienone is 2. The first kappa shape index (κ1) is 28.4. The smallest absolute Gasteiger partial charge is 0.0720 e. The van der Waals surface area contributed by atoms with Gasteiger partial charge in [-0.15, -0.1) is 0 Å². The third-order valence-corrected chi connectivity index (χ3v) is 9.99. The van der Waals surface area contributed by atoms with E-state index in [1.54, 1.807) is 0 Å². The summed E-state index contributed by atoms with van der Waals surface area (Å²) in [5, 5.41) is 2.74. The highest BCUT2D eigenvalue weighted by atomic mass is 35.5. The minimum atomic E-state index is -0.736. The SMILES string of the molecule is Clc1ccc(C2=C3C(=C(c4ccccc4)c4ccccc4C3(c3ccc(Cl)cc3)c3ccc(Cl)cc3)c3cc(Cl)ccc32)cc1. The summed E-state index contributed by atoms with van der Waals surface area (Å²) in [6.45, 7) is 0. The molecule has 0 bridgehead atoms. The van der Waals surface area contributed by atoms with Crippen molar-refractivity contribution in [3.05, 3.63) is 216 Å². The largest absolute Gasteiger partial charge is 0.0843 e. The molecule has 2 aliphatic rings. The molecule has 0 atom stereocenters. The predicted molar refractivity (Wildman–Crippen MR) is 191 cm³/mol. The molecule has 0 saturated carbocycles. The van der Waals surface area contributed by atoms with E-state index in [0.717, 1.165) is 50.1 Å². The Labute approximate surface area is 282 Å². The fraction of sp³-hybridized carbons (Fsp3) is 0.0244. The molecule has 6 aromatic carbocycles. The van der Waals surface area contributed by atoms with Crippen molar-refractivity contribution >= 4 is 63.1 Å². The number of fused-ring (bicyclic) bond motifs is 4. The molecule has 0 aromatic heterocycles. The highest BCUT2D eigenvalue weighted by Gasteiger charge is 2.51. The molecule has 0 N–H and O–H groups in total. The highest BCUT2D eigenvalue weighted by molar-refractivity contribution is 6.32. The van der Waals surface area contributed by atoms with Crippen LogP contribution in [0.15, 0.2) is 151 Å². The van der Waals surface area contributed by atoms with Crippen LogP contribution in [0, 0.1) is 0 Å². The minimum Gasteiger partial charge on any atom is -0.0843 e. The molecule has 0 nitrogen and oxygen atoms in total. The maximum atomic E-state index is 6.82. The Morgan fingerprint density at radius 2 is 0.867 bits per heavy atom. The molecular formula is C41H24Cl4. The molecule has 0 heterocycles. The summed E-state index contributed by atoms with van der Waals surface area (Å²) >= 11 is 26.4. The van der Waals surface area contributed by atoms with Gasteiger partial charge in [-0.1, -0.05) is 143 Å². The first-order chi connectivity index (χ1) is 22.0. The summed E-state index contributed by atoms with van der Waals surface area (Å²) < 4.78 is 0. The van der Waals surface area contributed by atoms with E-state index in [-0.39, 0.29) is 0 Å². The summed E-state index contributed by atoms with van der Waals surface area (Å²) in [5.41, 5.74) is 12.9. The zero-order valence-corrected chi connectivity index (χ0v) is 26.9. The van der Waals surface area contributed by atoms with Crippen LogP contribution in [0.3, 0.4) is 0 Å². The lowest BCUT2D eigenvalue weighted by atomic mass is 9.57. The van der Waals surface area contributed by atoms with Crippen molar-refractivity contribution in [1.82, 2.24) is 0 Å². The molecule has 4 heteroatoms. The van der Waals surface area contributed by atoms with Crippen molar-refractivity contribution in [3.8, 4) is 0 Å². The zero-order chi connectivity index (χ0) is 30.7. The third kappa shape index (κ3) is 4.43. The van der Waals surface area contributed by atoms with E-state index in [4.69, 9.17) is 46.4 Å². The van der Waals surface area contributed by atoms with E-state index in [2.05, 4.69) is 103 Å². The van der Waals surface area contributed by atoms with Crippen LogP contribution < -0.4 is 0 Å². The number of halogens is 4. The van der Waals surface area contributed by atoms with Gasteiger partial charge in [0, 0.05) is 20.1 Å². The summed E-state index contributed by atoms with van der Waals surface area (Å²) in [6, 6.07) is 50.4. The average molecular weight is 658 g/mol. The van der Waals surface area contributed by atoms with Crippen molar-refractivity contribution in [1.29, 1.82) is 0 Å². The van der Waals surface area contributed by atoms with Crippen LogP contribution in [0.4, 0.5) is 0 Å². The van der Waals surface area contributed by atoms with Gasteiger partial charge in [0.05, 0.1) is 5.41 Å². The lowest BCUT2D eigenvalue weighted by Gasteiger charge is -2.44. The third-order valence-electron chi connectivity index (χ3n) is 9.00. The van der Waals surface area contributed by atoms with Gasteiger partial charge in [0.2, 0.25) is 0 Å². The predicted octanol–water partition coefficient (Wildman–Crippen LogP) is 12.4. The number of hydrogen-bond donors (Lipinski definition) is 0. The minimum absolute atomic E-state index is 0.684. The fourth-order valence-electron chi connectivity index (χ4n) is 7.25. The van der Waals surface area contributed by atoms with Gasteiger partial charge in [-0.25, -0.2) is 0 Å². The maximum absolute atomic E-state index is 6.82. The van der Waals surface area contributed by atoms with Crippen molar-refractivity contribution in [2.45, 2.75) is 5.41 Å². The Hall–Kier alpha value is -4.04. The normalized spacial score (nSPS) is 14.7. The van der Waals surface area contributed by atoms with E-state index in [1.165, 1.54) is 16.7 Å². The quantitative estimate of drug-likeness (QED) is 0.177. The van der Waals surface area contributed by atoms with Gasteiger partial charge in [-0.05, 0) is 115 Å². The van der Waals surface area contributed by atoms with Crippen LogP contribution in [-0.4, -0.2) is 0 Å². The van der Waals surface area contributed by atoms with Crippen LogP contribution in [-0.2, 0) is 5.41 Å². The van der Waals surface area contributed by atoms with Gasteiger partial charge in [0.15, 0.2) is 0 Å². The van der Waals surface area contributed by atoms with E-state index >= 15 is 0 Å². The van der Waals surface area contributed by atoms with E-state index in [0.29, 0.717) is 20.1 Å². The van der Waals surface area contributed by atoms with Gasteiger partial charge in [-0.2, -0.15) is 0 Å². The van der Waals surface area contributed by atoms with Gasteiger partial charge in [0.1, 0.15) is 0 Å². The van der Waals surface area contributed by atoms with Crippen LogP contribution in [0.5, 0.6) is 0 Å². The average Bonchev–Trinajstić information content (AvgIpc) is 3.39. The molecule has 2 aliphatic carbocycles. The summed E-state index contributed by atoms with van der Waals surface area (Å²) in [7, 11) is 0. The summed E-state index contributed by atoms with van der Waals surface area (Å²) in [5.74, 6) is 0. The second-order valence-corrected chi connectivity index (χ2v) is 13.1. The van der Waals surface area contributed by atoms with Gasteiger partial charge in [-0.3, -0.25) is 0 Å². The van der Waals surface area contributed by atoms with Gasteiger partial charge in [0.25, 0.3) is 0 Å². The molecule has 0 unspecified atom stereocenters. The zero-order valence-electron chi connectivity index (χ0n) is 23.9.